The Hall–Kier alpha value is -3.45. The normalized spacial score (nSPS) is 11.5. The highest BCUT2D eigenvalue weighted by atomic mass is 35.5. The molecular weight excluding hydrogens is 394 g/mol. The molecule has 8 heteroatoms. The van der Waals surface area contributed by atoms with Crippen molar-refractivity contribution in [3.8, 4) is 0 Å². The van der Waals surface area contributed by atoms with Gasteiger partial charge in [-0.05, 0) is 42.0 Å². The van der Waals surface area contributed by atoms with Crippen LogP contribution in [0.15, 0.2) is 60.8 Å². The highest BCUT2D eigenvalue weighted by molar-refractivity contribution is 6.30. The van der Waals surface area contributed by atoms with Gasteiger partial charge in [-0.2, -0.15) is 0 Å². The Bertz CT molecular complexity index is 1070. The fourth-order valence-electron chi connectivity index (χ4n) is 2.58. The number of ether oxygens (including phenoxy) is 1. The van der Waals surface area contributed by atoms with Gasteiger partial charge in [-0.3, -0.25) is 19.4 Å². The van der Waals surface area contributed by atoms with Crippen molar-refractivity contribution < 1.29 is 19.1 Å². The summed E-state index contributed by atoms with van der Waals surface area (Å²) in [6.45, 7) is 1.05. The zero-order valence-electron chi connectivity index (χ0n) is 15.5. The van der Waals surface area contributed by atoms with Gasteiger partial charge in [-0.15, -0.1) is 0 Å². The molecule has 0 aliphatic carbocycles. The largest absolute Gasteiger partial charge is 0.451 e. The number of carbonyl (C=O) groups excluding carboxylic acids is 3. The number of pyridine rings is 1. The minimum atomic E-state index is -1.03. The summed E-state index contributed by atoms with van der Waals surface area (Å²) < 4.78 is 5.07. The standard InChI is InChI=1S/C21H18ClN3O4/c1-13(20(27)25-17-7-6-14-4-2-3-5-15(14)10-17)29-19(26)12-24-21(28)18-11-16(22)8-9-23-18/h2-11,13H,12H2,1H3,(H,24,28)(H,25,27)/t13-/m1/s1. The first-order chi connectivity index (χ1) is 13.9. The molecule has 1 heterocycles. The molecule has 2 N–H and O–H groups in total. The molecule has 0 bridgehead atoms. The molecule has 148 valence electrons. The van der Waals surface area contributed by atoms with E-state index in [0.29, 0.717) is 10.7 Å². The average Bonchev–Trinajstić information content (AvgIpc) is 2.71. The molecule has 2 amide bonds. The number of rotatable bonds is 6. The van der Waals surface area contributed by atoms with Crippen molar-refractivity contribution in [1.29, 1.82) is 0 Å². The molecule has 0 aliphatic rings. The number of hydrogen-bond donors (Lipinski definition) is 2. The van der Waals surface area contributed by atoms with E-state index in [0.717, 1.165) is 10.8 Å². The Morgan fingerprint density at radius 1 is 1.07 bits per heavy atom. The SMILES string of the molecule is C[C@@H](OC(=O)CNC(=O)c1cc(Cl)ccn1)C(=O)Nc1ccc2ccccc2c1. The fourth-order valence-corrected chi connectivity index (χ4v) is 2.73. The van der Waals surface area contributed by atoms with Crippen molar-refractivity contribution >= 4 is 45.8 Å². The Morgan fingerprint density at radius 2 is 1.83 bits per heavy atom. The number of hydrogen-bond acceptors (Lipinski definition) is 5. The van der Waals surface area contributed by atoms with Crippen molar-refractivity contribution in [2.75, 3.05) is 11.9 Å². The zero-order valence-corrected chi connectivity index (χ0v) is 16.3. The highest BCUT2D eigenvalue weighted by Gasteiger charge is 2.19. The molecule has 0 unspecified atom stereocenters. The van der Waals surface area contributed by atoms with Crippen molar-refractivity contribution in [1.82, 2.24) is 10.3 Å². The molecule has 0 radical (unpaired) electrons. The summed E-state index contributed by atoms with van der Waals surface area (Å²) in [5.74, 6) is -1.80. The van der Waals surface area contributed by atoms with E-state index < -0.39 is 30.4 Å². The maximum atomic E-state index is 12.3. The smallest absolute Gasteiger partial charge is 0.326 e. The second-order valence-corrected chi connectivity index (χ2v) is 6.66. The van der Waals surface area contributed by atoms with Gasteiger partial charge in [0.1, 0.15) is 12.2 Å². The van der Waals surface area contributed by atoms with Gasteiger partial charge in [0.2, 0.25) is 0 Å². The number of nitrogens with one attached hydrogen (secondary N) is 2. The number of fused-ring (bicyclic) bond motifs is 1. The van der Waals surface area contributed by atoms with Crippen LogP contribution in [0.5, 0.6) is 0 Å². The summed E-state index contributed by atoms with van der Waals surface area (Å²) in [6.07, 6.45) is 0.351. The first-order valence-electron chi connectivity index (χ1n) is 8.81. The molecule has 29 heavy (non-hydrogen) atoms. The number of benzene rings is 2. The van der Waals surface area contributed by atoms with Crippen molar-refractivity contribution in [2.24, 2.45) is 0 Å². The van der Waals surface area contributed by atoms with Crippen LogP contribution in [-0.4, -0.2) is 35.4 Å². The summed E-state index contributed by atoms with van der Waals surface area (Å²) in [5, 5.41) is 7.46. The molecule has 0 aliphatic heterocycles. The minimum absolute atomic E-state index is 0.0763. The fraction of sp³-hybridized carbons (Fsp3) is 0.143. The van der Waals surface area contributed by atoms with Crippen LogP contribution in [0.3, 0.4) is 0 Å². The lowest BCUT2D eigenvalue weighted by atomic mass is 10.1. The molecule has 0 fully saturated rings. The van der Waals surface area contributed by atoms with Gasteiger partial charge in [-0.1, -0.05) is 41.9 Å². The van der Waals surface area contributed by atoms with E-state index in [4.69, 9.17) is 16.3 Å². The maximum Gasteiger partial charge on any atom is 0.326 e. The van der Waals surface area contributed by atoms with Crippen LogP contribution in [0.1, 0.15) is 17.4 Å². The van der Waals surface area contributed by atoms with E-state index >= 15 is 0 Å². The van der Waals surface area contributed by atoms with Gasteiger partial charge in [0, 0.05) is 16.9 Å². The molecule has 7 nitrogen and oxygen atoms in total. The summed E-state index contributed by atoms with van der Waals surface area (Å²) in [5.41, 5.74) is 0.671. The van der Waals surface area contributed by atoms with E-state index in [1.54, 1.807) is 6.07 Å². The molecule has 1 aromatic heterocycles. The Labute approximate surface area is 172 Å². The molecule has 2 aromatic carbocycles. The van der Waals surface area contributed by atoms with E-state index in [1.165, 1.54) is 25.3 Å². The van der Waals surface area contributed by atoms with Crippen LogP contribution in [-0.2, 0) is 14.3 Å². The van der Waals surface area contributed by atoms with Crippen molar-refractivity contribution in [2.45, 2.75) is 13.0 Å². The lowest BCUT2D eigenvalue weighted by Crippen LogP contribution is -2.36. The Kier molecular flexibility index (Phi) is 6.41. The van der Waals surface area contributed by atoms with Crippen LogP contribution in [0.2, 0.25) is 5.02 Å². The van der Waals surface area contributed by atoms with Crippen LogP contribution >= 0.6 is 11.6 Å². The minimum Gasteiger partial charge on any atom is -0.451 e. The molecule has 3 aromatic rings. The molecule has 3 rings (SSSR count). The lowest BCUT2D eigenvalue weighted by Gasteiger charge is -2.14. The predicted octanol–water partition coefficient (Wildman–Crippen LogP) is 3.19. The van der Waals surface area contributed by atoms with Gasteiger partial charge in [0.05, 0.1) is 0 Å². The quantitative estimate of drug-likeness (QED) is 0.607. The average molecular weight is 412 g/mol. The van der Waals surface area contributed by atoms with Crippen LogP contribution in [0.4, 0.5) is 5.69 Å². The number of halogens is 1. The molecular formula is C21H18ClN3O4. The van der Waals surface area contributed by atoms with Gasteiger partial charge in [0.15, 0.2) is 6.10 Å². The molecule has 1 atom stereocenters. The molecule has 0 saturated heterocycles. The van der Waals surface area contributed by atoms with Gasteiger partial charge < -0.3 is 15.4 Å². The first-order valence-corrected chi connectivity index (χ1v) is 9.19. The van der Waals surface area contributed by atoms with Crippen LogP contribution < -0.4 is 10.6 Å². The monoisotopic (exact) mass is 411 g/mol. The number of anilines is 1. The Balaban J connectivity index is 1.50. The number of nitrogens with zero attached hydrogens (tertiary/aromatic N) is 1. The van der Waals surface area contributed by atoms with Crippen molar-refractivity contribution in [3.05, 3.63) is 71.5 Å². The van der Waals surface area contributed by atoms with E-state index in [1.807, 2.05) is 36.4 Å². The topological polar surface area (TPSA) is 97.4 Å². The van der Waals surface area contributed by atoms with Crippen molar-refractivity contribution in [3.63, 3.8) is 0 Å². The predicted molar refractivity (Wildman–Crippen MR) is 110 cm³/mol. The van der Waals surface area contributed by atoms with Gasteiger partial charge in [-0.25, -0.2) is 0 Å². The third-order valence-corrected chi connectivity index (χ3v) is 4.28. The van der Waals surface area contributed by atoms with Crippen LogP contribution in [0, 0.1) is 0 Å². The van der Waals surface area contributed by atoms with E-state index in [9.17, 15) is 14.4 Å². The van der Waals surface area contributed by atoms with Crippen LogP contribution in [0.25, 0.3) is 10.8 Å². The Morgan fingerprint density at radius 3 is 2.59 bits per heavy atom. The zero-order chi connectivity index (χ0) is 20.8. The van der Waals surface area contributed by atoms with E-state index in [2.05, 4.69) is 15.6 Å². The number of amides is 2. The van der Waals surface area contributed by atoms with Gasteiger partial charge in [0.25, 0.3) is 11.8 Å². The summed E-state index contributed by atoms with van der Waals surface area (Å²) >= 11 is 5.80. The lowest BCUT2D eigenvalue weighted by molar-refractivity contribution is -0.152. The van der Waals surface area contributed by atoms with E-state index in [-0.39, 0.29) is 5.69 Å². The molecule has 0 spiro atoms. The second kappa shape index (κ2) is 9.16. The number of esters is 1. The summed E-state index contributed by atoms with van der Waals surface area (Å²) in [7, 11) is 0. The summed E-state index contributed by atoms with van der Waals surface area (Å²) in [6, 6.07) is 16.2. The summed E-state index contributed by atoms with van der Waals surface area (Å²) in [4.78, 5) is 40.0. The van der Waals surface area contributed by atoms with Gasteiger partial charge >= 0.3 is 5.97 Å². The second-order valence-electron chi connectivity index (χ2n) is 6.23. The molecule has 0 saturated carbocycles. The maximum absolute atomic E-state index is 12.3. The third kappa shape index (κ3) is 5.52. The highest BCUT2D eigenvalue weighted by Crippen LogP contribution is 2.19. The third-order valence-electron chi connectivity index (χ3n) is 4.04. The number of carbonyl (C=O) groups is 3. The number of aromatic nitrogens is 1. The first kappa shape index (κ1) is 20.3.